The van der Waals surface area contributed by atoms with Gasteiger partial charge in [0.05, 0.1) is 11.8 Å². The van der Waals surface area contributed by atoms with Gasteiger partial charge in [-0.2, -0.15) is 0 Å². The van der Waals surface area contributed by atoms with Crippen molar-refractivity contribution in [1.29, 1.82) is 0 Å². The molecule has 0 fully saturated rings. The molecule has 0 heterocycles. The van der Waals surface area contributed by atoms with E-state index in [-0.39, 0.29) is 5.91 Å². The van der Waals surface area contributed by atoms with Crippen molar-refractivity contribution in [2.45, 2.75) is 40.5 Å². The molecule has 0 aromatic carbocycles. The van der Waals surface area contributed by atoms with Crippen LogP contribution < -0.4 is 0 Å². The Bertz CT molecular complexity index is 364. The molecule has 0 unspecified atom stereocenters. The number of amides is 1. The van der Waals surface area contributed by atoms with Crippen molar-refractivity contribution in [3.05, 3.63) is 12.2 Å². The van der Waals surface area contributed by atoms with Crippen LogP contribution >= 0.6 is 0 Å². The van der Waals surface area contributed by atoms with E-state index >= 15 is 0 Å². The van der Waals surface area contributed by atoms with E-state index in [0.717, 1.165) is 0 Å². The fourth-order valence-electron chi connectivity index (χ4n) is 2.73. The molecule has 4 nitrogen and oxygen atoms in total. The van der Waals surface area contributed by atoms with Gasteiger partial charge in [-0.3, -0.25) is 9.59 Å². The van der Waals surface area contributed by atoms with Crippen molar-refractivity contribution in [1.82, 2.24) is 4.90 Å². The van der Waals surface area contributed by atoms with Crippen LogP contribution in [0, 0.1) is 23.7 Å². The van der Waals surface area contributed by atoms with Gasteiger partial charge < -0.3 is 10.0 Å². The van der Waals surface area contributed by atoms with Gasteiger partial charge >= 0.3 is 5.97 Å². The molecule has 4 heteroatoms. The Kier molecular flexibility index (Phi) is 6.24. The van der Waals surface area contributed by atoms with Crippen LogP contribution in [0.15, 0.2) is 12.2 Å². The van der Waals surface area contributed by atoms with Gasteiger partial charge in [-0.05, 0) is 24.7 Å². The van der Waals surface area contributed by atoms with Crippen molar-refractivity contribution < 1.29 is 14.7 Å². The number of nitrogens with zero attached hydrogens (tertiary/aromatic N) is 1. The molecule has 0 aromatic rings. The third-order valence-corrected chi connectivity index (χ3v) is 3.55. The molecule has 114 valence electrons. The predicted molar refractivity (Wildman–Crippen MR) is 79.2 cm³/mol. The smallest absolute Gasteiger partial charge is 0.307 e. The monoisotopic (exact) mass is 281 g/mol. The average molecular weight is 281 g/mol. The van der Waals surface area contributed by atoms with E-state index in [4.69, 9.17) is 0 Å². The Morgan fingerprint density at radius 1 is 1.05 bits per heavy atom. The first-order valence-electron chi connectivity index (χ1n) is 7.49. The van der Waals surface area contributed by atoms with Gasteiger partial charge in [0.2, 0.25) is 5.91 Å². The molecule has 0 aliphatic heterocycles. The van der Waals surface area contributed by atoms with Crippen LogP contribution in [0.5, 0.6) is 0 Å². The molecule has 20 heavy (non-hydrogen) atoms. The molecule has 0 saturated heterocycles. The molecule has 0 radical (unpaired) electrons. The van der Waals surface area contributed by atoms with Gasteiger partial charge in [0.1, 0.15) is 0 Å². The van der Waals surface area contributed by atoms with E-state index in [0.29, 0.717) is 37.8 Å². The normalized spacial score (nSPS) is 22.3. The molecule has 0 spiro atoms. The van der Waals surface area contributed by atoms with Crippen molar-refractivity contribution >= 4 is 11.9 Å². The summed E-state index contributed by atoms with van der Waals surface area (Å²) in [5.74, 6) is -1.06. The first kappa shape index (κ1) is 16.7. The molecular weight excluding hydrogens is 254 g/mol. The Morgan fingerprint density at radius 3 is 1.90 bits per heavy atom. The molecule has 0 aromatic heterocycles. The first-order chi connectivity index (χ1) is 9.32. The second-order valence-electron chi connectivity index (χ2n) is 6.52. The first-order valence-corrected chi connectivity index (χ1v) is 7.49. The van der Waals surface area contributed by atoms with Crippen LogP contribution in [0.4, 0.5) is 0 Å². The summed E-state index contributed by atoms with van der Waals surface area (Å²) in [7, 11) is 0. The van der Waals surface area contributed by atoms with Gasteiger partial charge in [-0.1, -0.05) is 39.8 Å². The SMILES string of the molecule is CC(C)CN(CC(C)C)C(=O)[C@H]1CC=CC[C@@H]1C(=O)O. The summed E-state index contributed by atoms with van der Waals surface area (Å²) >= 11 is 0. The number of rotatable bonds is 6. The average Bonchev–Trinajstić information content (AvgIpc) is 2.36. The van der Waals surface area contributed by atoms with Gasteiger partial charge in [0, 0.05) is 13.1 Å². The molecule has 0 bridgehead atoms. The summed E-state index contributed by atoms with van der Waals surface area (Å²) in [5, 5.41) is 9.30. The number of carbonyl (C=O) groups excluding carboxylic acids is 1. The fraction of sp³-hybridized carbons (Fsp3) is 0.750. The highest BCUT2D eigenvalue weighted by Gasteiger charge is 2.36. The summed E-state index contributed by atoms with van der Waals surface area (Å²) in [6.45, 7) is 9.71. The van der Waals surface area contributed by atoms with Crippen LogP contribution in [-0.2, 0) is 9.59 Å². The highest BCUT2D eigenvalue weighted by molar-refractivity contribution is 5.85. The third kappa shape index (κ3) is 4.66. The summed E-state index contributed by atoms with van der Waals surface area (Å²) in [4.78, 5) is 25.9. The number of allylic oxidation sites excluding steroid dienone is 2. The quantitative estimate of drug-likeness (QED) is 0.762. The van der Waals surface area contributed by atoms with E-state index < -0.39 is 17.8 Å². The summed E-state index contributed by atoms with van der Waals surface area (Å²) in [6.07, 6.45) is 4.81. The minimum Gasteiger partial charge on any atom is -0.481 e. The van der Waals surface area contributed by atoms with E-state index in [1.54, 1.807) is 0 Å². The van der Waals surface area contributed by atoms with Gasteiger partial charge in [-0.15, -0.1) is 0 Å². The number of carboxylic acid groups (broad SMARTS) is 1. The Hall–Kier alpha value is -1.32. The molecule has 0 saturated carbocycles. The maximum atomic E-state index is 12.7. The van der Waals surface area contributed by atoms with E-state index in [1.807, 2.05) is 17.1 Å². The highest BCUT2D eigenvalue weighted by atomic mass is 16.4. The van der Waals surface area contributed by atoms with Crippen LogP contribution in [0.25, 0.3) is 0 Å². The second-order valence-corrected chi connectivity index (χ2v) is 6.52. The molecule has 2 atom stereocenters. The maximum absolute atomic E-state index is 12.7. The standard InChI is InChI=1S/C16H27NO3/c1-11(2)9-17(10-12(3)4)15(18)13-7-5-6-8-14(13)16(19)20/h5-6,11-14H,7-10H2,1-4H3,(H,19,20)/t13-,14-/m0/s1. The minimum absolute atomic E-state index is 0.00384. The summed E-state index contributed by atoms with van der Waals surface area (Å²) < 4.78 is 0. The molecule has 1 aliphatic carbocycles. The van der Waals surface area contributed by atoms with E-state index in [2.05, 4.69) is 27.7 Å². The lowest BCUT2D eigenvalue weighted by molar-refractivity contribution is -0.151. The number of carboxylic acids is 1. The number of hydrogen-bond acceptors (Lipinski definition) is 2. The molecule has 1 amide bonds. The van der Waals surface area contributed by atoms with Crippen molar-refractivity contribution in [3.63, 3.8) is 0 Å². The highest BCUT2D eigenvalue weighted by Crippen LogP contribution is 2.28. The molecule has 1 N–H and O–H groups in total. The van der Waals surface area contributed by atoms with Gasteiger partial charge in [0.25, 0.3) is 0 Å². The predicted octanol–water partition coefficient (Wildman–Crippen LogP) is 2.79. The molecule has 1 aliphatic rings. The zero-order chi connectivity index (χ0) is 15.3. The van der Waals surface area contributed by atoms with Crippen LogP contribution in [0.1, 0.15) is 40.5 Å². The van der Waals surface area contributed by atoms with Crippen LogP contribution in [-0.4, -0.2) is 35.0 Å². The topological polar surface area (TPSA) is 57.6 Å². The molecular formula is C16H27NO3. The van der Waals surface area contributed by atoms with Crippen LogP contribution in [0.2, 0.25) is 0 Å². The van der Waals surface area contributed by atoms with Gasteiger partial charge in [-0.25, -0.2) is 0 Å². The van der Waals surface area contributed by atoms with Crippen molar-refractivity contribution in [2.24, 2.45) is 23.7 Å². The van der Waals surface area contributed by atoms with Gasteiger partial charge in [0.15, 0.2) is 0 Å². The summed E-state index contributed by atoms with van der Waals surface area (Å²) in [5.41, 5.74) is 0. The lowest BCUT2D eigenvalue weighted by Gasteiger charge is -2.33. The number of aliphatic carboxylic acids is 1. The number of hydrogen-bond donors (Lipinski definition) is 1. The third-order valence-electron chi connectivity index (χ3n) is 3.55. The Morgan fingerprint density at radius 2 is 1.50 bits per heavy atom. The van der Waals surface area contributed by atoms with Crippen LogP contribution in [0.3, 0.4) is 0 Å². The number of carbonyl (C=O) groups is 2. The minimum atomic E-state index is -0.859. The second kappa shape index (κ2) is 7.46. The lowest BCUT2D eigenvalue weighted by atomic mass is 9.82. The lowest BCUT2D eigenvalue weighted by Crippen LogP contribution is -2.44. The summed E-state index contributed by atoms with van der Waals surface area (Å²) in [6, 6.07) is 0. The Balaban J connectivity index is 2.85. The van der Waals surface area contributed by atoms with Crippen molar-refractivity contribution in [2.75, 3.05) is 13.1 Å². The zero-order valence-electron chi connectivity index (χ0n) is 13.0. The van der Waals surface area contributed by atoms with E-state index in [1.165, 1.54) is 0 Å². The Labute approximate surface area is 121 Å². The van der Waals surface area contributed by atoms with Crippen molar-refractivity contribution in [3.8, 4) is 0 Å². The largest absolute Gasteiger partial charge is 0.481 e. The van der Waals surface area contributed by atoms with E-state index in [9.17, 15) is 14.7 Å². The fourth-order valence-corrected chi connectivity index (χ4v) is 2.73. The zero-order valence-corrected chi connectivity index (χ0v) is 13.0. The molecule has 1 rings (SSSR count). The maximum Gasteiger partial charge on any atom is 0.307 e.